The lowest BCUT2D eigenvalue weighted by Gasteiger charge is -2.16. The van der Waals surface area contributed by atoms with Crippen LogP contribution in [-0.2, 0) is 0 Å². The molecule has 2 rings (SSSR count). The van der Waals surface area contributed by atoms with Gasteiger partial charge in [0, 0.05) is 5.02 Å². The van der Waals surface area contributed by atoms with Gasteiger partial charge in [-0.25, -0.2) is 0 Å². The minimum absolute atomic E-state index is 0.789. The van der Waals surface area contributed by atoms with E-state index in [9.17, 15) is 0 Å². The fraction of sp³-hybridized carbons (Fsp3) is 0.200. The molecular weight excluding hydrogens is 244 g/mol. The smallest absolute Gasteiger partial charge is 0.0775 e. The van der Waals surface area contributed by atoms with Crippen LogP contribution in [0.2, 0.25) is 24.7 Å². The third kappa shape index (κ3) is 2.99. The van der Waals surface area contributed by atoms with E-state index in [0.717, 1.165) is 5.02 Å². The lowest BCUT2D eigenvalue weighted by atomic mass is 10.1. The molecule has 0 saturated carbocycles. The molecule has 0 unspecified atom stereocenters. The van der Waals surface area contributed by atoms with Crippen LogP contribution in [0.1, 0.15) is 0 Å². The Morgan fingerprint density at radius 3 is 2.00 bits per heavy atom. The van der Waals surface area contributed by atoms with Gasteiger partial charge in [0.25, 0.3) is 0 Å². The van der Waals surface area contributed by atoms with Crippen molar-refractivity contribution < 1.29 is 0 Å². The van der Waals surface area contributed by atoms with E-state index in [-0.39, 0.29) is 0 Å². The Kier molecular flexibility index (Phi) is 3.41. The van der Waals surface area contributed by atoms with Crippen molar-refractivity contribution in [1.29, 1.82) is 0 Å². The van der Waals surface area contributed by atoms with E-state index in [4.69, 9.17) is 11.6 Å². The van der Waals surface area contributed by atoms with E-state index in [2.05, 4.69) is 50.0 Å². The molecule has 0 aliphatic heterocycles. The first-order valence-corrected chi connectivity index (χ1v) is 9.71. The maximum Gasteiger partial charge on any atom is 0.0775 e. The normalized spacial score (nSPS) is 11.5. The van der Waals surface area contributed by atoms with Gasteiger partial charge < -0.3 is 0 Å². The topological polar surface area (TPSA) is 0 Å². The molecule has 2 heteroatoms. The highest BCUT2D eigenvalue weighted by Gasteiger charge is 2.15. The summed E-state index contributed by atoms with van der Waals surface area (Å²) in [7, 11) is -1.19. The van der Waals surface area contributed by atoms with Crippen LogP contribution in [0.5, 0.6) is 0 Å². The molecule has 0 bridgehead atoms. The predicted molar refractivity (Wildman–Crippen MR) is 79.9 cm³/mol. The first kappa shape index (κ1) is 12.4. The monoisotopic (exact) mass is 260 g/mol. The van der Waals surface area contributed by atoms with E-state index in [1.54, 1.807) is 0 Å². The molecule has 0 saturated heterocycles. The molecule has 0 spiro atoms. The summed E-state index contributed by atoms with van der Waals surface area (Å²) in [6.45, 7) is 7.09. The molecule has 2 aromatic carbocycles. The maximum absolute atomic E-state index is 6.01. The van der Waals surface area contributed by atoms with E-state index in [1.165, 1.54) is 16.3 Å². The Balaban J connectivity index is 2.36. The summed E-state index contributed by atoms with van der Waals surface area (Å²) in [4.78, 5) is 0. The van der Waals surface area contributed by atoms with Gasteiger partial charge in [0.1, 0.15) is 0 Å². The lowest BCUT2D eigenvalue weighted by Crippen LogP contribution is -2.37. The Morgan fingerprint density at radius 2 is 1.47 bits per heavy atom. The van der Waals surface area contributed by atoms with Crippen LogP contribution in [0.3, 0.4) is 0 Å². The summed E-state index contributed by atoms with van der Waals surface area (Å²) in [5, 5.41) is 2.28. The number of hydrogen-bond acceptors (Lipinski definition) is 0. The number of rotatable bonds is 2. The average Bonchev–Trinajstić information content (AvgIpc) is 2.28. The van der Waals surface area contributed by atoms with Crippen LogP contribution in [0, 0.1) is 0 Å². The molecule has 0 fully saturated rings. The maximum atomic E-state index is 6.01. The molecule has 0 radical (unpaired) electrons. The second-order valence-electron chi connectivity index (χ2n) is 5.34. The molecular formula is C15H17ClSi. The number of benzene rings is 2. The molecule has 2 aromatic rings. The molecule has 0 aliphatic carbocycles. The van der Waals surface area contributed by atoms with Crippen LogP contribution in [0.4, 0.5) is 0 Å². The van der Waals surface area contributed by atoms with Crippen molar-refractivity contribution in [3.63, 3.8) is 0 Å². The van der Waals surface area contributed by atoms with E-state index in [0.29, 0.717) is 0 Å². The third-order valence-corrected chi connectivity index (χ3v) is 5.21. The summed E-state index contributed by atoms with van der Waals surface area (Å²) in [5.74, 6) is 0. The summed E-state index contributed by atoms with van der Waals surface area (Å²) < 4.78 is 0. The Morgan fingerprint density at radius 1 is 0.824 bits per heavy atom. The van der Waals surface area contributed by atoms with Crippen molar-refractivity contribution in [3.8, 4) is 11.1 Å². The van der Waals surface area contributed by atoms with Crippen LogP contribution < -0.4 is 5.19 Å². The predicted octanol–water partition coefficient (Wildman–Crippen LogP) is 4.55. The van der Waals surface area contributed by atoms with Gasteiger partial charge in [-0.05, 0) is 23.3 Å². The molecule has 0 N–H and O–H groups in total. The molecule has 0 aromatic heterocycles. The average molecular weight is 261 g/mol. The first-order valence-electron chi connectivity index (χ1n) is 5.83. The highest BCUT2D eigenvalue weighted by molar-refractivity contribution is 6.88. The van der Waals surface area contributed by atoms with E-state index < -0.39 is 8.07 Å². The molecule has 0 heterocycles. The van der Waals surface area contributed by atoms with Gasteiger partial charge in [0.15, 0.2) is 0 Å². The van der Waals surface area contributed by atoms with Crippen molar-refractivity contribution >= 4 is 24.9 Å². The molecule has 0 amide bonds. The fourth-order valence-electron chi connectivity index (χ4n) is 1.83. The van der Waals surface area contributed by atoms with E-state index >= 15 is 0 Å². The van der Waals surface area contributed by atoms with Crippen molar-refractivity contribution in [1.82, 2.24) is 0 Å². The molecule has 0 atom stereocenters. The second kappa shape index (κ2) is 4.67. The van der Waals surface area contributed by atoms with Crippen LogP contribution in [-0.4, -0.2) is 8.07 Å². The lowest BCUT2D eigenvalue weighted by molar-refractivity contribution is 1.62. The summed E-state index contributed by atoms with van der Waals surface area (Å²) in [5.41, 5.74) is 2.41. The zero-order valence-electron chi connectivity index (χ0n) is 10.5. The van der Waals surface area contributed by atoms with Gasteiger partial charge in [-0.2, -0.15) is 0 Å². The highest BCUT2D eigenvalue weighted by Crippen LogP contribution is 2.22. The summed E-state index contributed by atoms with van der Waals surface area (Å²) >= 11 is 6.01. The molecule has 0 nitrogen and oxygen atoms in total. The number of halogens is 1. The first-order chi connectivity index (χ1) is 7.97. The van der Waals surface area contributed by atoms with Crippen molar-refractivity contribution in [2.75, 3.05) is 0 Å². The van der Waals surface area contributed by atoms with Gasteiger partial charge in [-0.15, -0.1) is 0 Å². The van der Waals surface area contributed by atoms with Gasteiger partial charge in [0.05, 0.1) is 8.07 Å². The molecule has 0 aliphatic rings. The molecule has 17 heavy (non-hydrogen) atoms. The van der Waals surface area contributed by atoms with Crippen LogP contribution in [0.15, 0.2) is 48.5 Å². The Hall–Kier alpha value is -1.05. The minimum atomic E-state index is -1.19. The van der Waals surface area contributed by atoms with E-state index in [1.807, 2.05) is 18.2 Å². The van der Waals surface area contributed by atoms with Crippen LogP contribution >= 0.6 is 11.6 Å². The number of hydrogen-bond donors (Lipinski definition) is 0. The summed E-state index contributed by atoms with van der Waals surface area (Å²) in [6.07, 6.45) is 0. The fourth-order valence-corrected chi connectivity index (χ4v) is 3.19. The Labute approximate surface area is 109 Å². The zero-order chi connectivity index (χ0) is 12.5. The molecule has 88 valence electrons. The zero-order valence-corrected chi connectivity index (χ0v) is 12.3. The summed E-state index contributed by atoms with van der Waals surface area (Å²) in [6, 6.07) is 16.9. The van der Waals surface area contributed by atoms with Crippen molar-refractivity contribution in [2.45, 2.75) is 19.6 Å². The largest absolute Gasteiger partial charge is 0.0843 e. The standard InChI is InChI=1S/C15H17ClSi/c1-17(2,3)15-9-7-12(8-10-15)13-5-4-6-14(16)11-13/h4-11H,1-3H3. The van der Waals surface area contributed by atoms with Crippen LogP contribution in [0.25, 0.3) is 11.1 Å². The van der Waals surface area contributed by atoms with Gasteiger partial charge >= 0.3 is 0 Å². The minimum Gasteiger partial charge on any atom is -0.0843 e. The van der Waals surface area contributed by atoms with Gasteiger partial charge in [-0.3, -0.25) is 0 Å². The SMILES string of the molecule is C[Si](C)(C)c1ccc(-c2cccc(Cl)c2)cc1. The quantitative estimate of drug-likeness (QED) is 0.695. The van der Waals surface area contributed by atoms with Gasteiger partial charge in [-0.1, -0.05) is 72.8 Å². The van der Waals surface area contributed by atoms with Gasteiger partial charge in [0.2, 0.25) is 0 Å². The second-order valence-corrected chi connectivity index (χ2v) is 10.9. The van der Waals surface area contributed by atoms with Crippen molar-refractivity contribution in [2.24, 2.45) is 0 Å². The third-order valence-electron chi connectivity index (χ3n) is 2.91. The highest BCUT2D eigenvalue weighted by atomic mass is 35.5. The van der Waals surface area contributed by atoms with Crippen molar-refractivity contribution in [3.05, 3.63) is 53.6 Å². The Bertz CT molecular complexity index is 509.